The van der Waals surface area contributed by atoms with Gasteiger partial charge in [0.1, 0.15) is 17.2 Å². The van der Waals surface area contributed by atoms with Crippen molar-refractivity contribution in [2.75, 3.05) is 47.5 Å². The molecule has 1 aliphatic rings. The van der Waals surface area contributed by atoms with E-state index in [2.05, 4.69) is 4.57 Å². The van der Waals surface area contributed by atoms with E-state index in [0.29, 0.717) is 48.8 Å². The minimum Gasteiger partial charge on any atom is -0.497 e. The first-order valence-corrected chi connectivity index (χ1v) is 13.2. The van der Waals surface area contributed by atoms with Crippen LogP contribution in [0.3, 0.4) is 0 Å². The van der Waals surface area contributed by atoms with Crippen molar-refractivity contribution in [3.05, 3.63) is 95.7 Å². The summed E-state index contributed by atoms with van der Waals surface area (Å²) in [6.45, 7) is 3.72. The van der Waals surface area contributed by atoms with Crippen LogP contribution in [0.5, 0.6) is 17.2 Å². The van der Waals surface area contributed by atoms with E-state index < -0.39 is 0 Å². The molecule has 0 N–H and O–H groups in total. The fraction of sp³-hybridized carbons (Fsp3) is 0.250. The number of nitrogens with zero attached hydrogens (tertiary/aromatic N) is 3. The number of piperazine rings is 1. The van der Waals surface area contributed by atoms with Gasteiger partial charge in [-0.1, -0.05) is 36.4 Å². The van der Waals surface area contributed by atoms with Crippen molar-refractivity contribution in [1.29, 1.82) is 0 Å². The number of methoxy groups -OCH3 is 3. The second-order valence-corrected chi connectivity index (χ2v) is 9.62. The van der Waals surface area contributed by atoms with Gasteiger partial charge in [0.25, 0.3) is 11.8 Å². The molecule has 1 fully saturated rings. The SMILES string of the molecule is COc1cc(OC)cc(C(=O)N2CCN(C(=O)c3cc(-c4ccccc4)n(-c4cccc(OC)c4)c3C)CC2)c1. The van der Waals surface area contributed by atoms with Crippen LogP contribution in [0.1, 0.15) is 26.4 Å². The summed E-state index contributed by atoms with van der Waals surface area (Å²) in [5, 5.41) is 0. The number of hydrogen-bond acceptors (Lipinski definition) is 5. The molecule has 40 heavy (non-hydrogen) atoms. The average Bonchev–Trinajstić information content (AvgIpc) is 3.37. The minimum absolute atomic E-state index is 0.0496. The molecule has 0 aliphatic carbocycles. The van der Waals surface area contributed by atoms with Crippen LogP contribution in [0, 0.1) is 6.92 Å². The average molecular weight is 540 g/mol. The first kappa shape index (κ1) is 26.9. The Bertz CT molecular complexity index is 1500. The van der Waals surface area contributed by atoms with Gasteiger partial charge < -0.3 is 28.6 Å². The second-order valence-electron chi connectivity index (χ2n) is 9.62. The Hall–Kier alpha value is -4.72. The highest BCUT2D eigenvalue weighted by Crippen LogP contribution is 2.32. The van der Waals surface area contributed by atoms with E-state index in [1.807, 2.05) is 72.5 Å². The van der Waals surface area contributed by atoms with Crippen molar-refractivity contribution in [2.45, 2.75) is 6.92 Å². The van der Waals surface area contributed by atoms with Gasteiger partial charge in [0.05, 0.1) is 32.6 Å². The molecule has 206 valence electrons. The molecule has 1 saturated heterocycles. The zero-order valence-corrected chi connectivity index (χ0v) is 23.2. The van der Waals surface area contributed by atoms with Gasteiger partial charge in [-0.05, 0) is 42.8 Å². The highest BCUT2D eigenvalue weighted by Gasteiger charge is 2.29. The number of carbonyl (C=O) groups excluding carboxylic acids is 2. The van der Waals surface area contributed by atoms with Gasteiger partial charge in [0.15, 0.2) is 0 Å². The van der Waals surface area contributed by atoms with Gasteiger partial charge >= 0.3 is 0 Å². The molecule has 5 rings (SSSR count). The fourth-order valence-electron chi connectivity index (χ4n) is 5.12. The normalized spacial score (nSPS) is 13.2. The van der Waals surface area contributed by atoms with E-state index in [1.165, 1.54) is 0 Å². The smallest absolute Gasteiger partial charge is 0.255 e. The van der Waals surface area contributed by atoms with Crippen LogP contribution in [-0.4, -0.2) is 73.7 Å². The summed E-state index contributed by atoms with van der Waals surface area (Å²) in [5.74, 6) is 1.69. The Kier molecular flexibility index (Phi) is 7.77. The van der Waals surface area contributed by atoms with Crippen molar-refractivity contribution < 1.29 is 23.8 Å². The monoisotopic (exact) mass is 539 g/mol. The number of benzene rings is 3. The van der Waals surface area contributed by atoms with E-state index in [1.54, 1.807) is 44.4 Å². The molecule has 8 nitrogen and oxygen atoms in total. The maximum Gasteiger partial charge on any atom is 0.255 e. The molecule has 2 amide bonds. The third-order valence-corrected chi connectivity index (χ3v) is 7.31. The Morgan fingerprint density at radius 3 is 1.85 bits per heavy atom. The largest absolute Gasteiger partial charge is 0.497 e. The maximum atomic E-state index is 13.8. The number of aromatic nitrogens is 1. The van der Waals surface area contributed by atoms with Crippen LogP contribution in [0.4, 0.5) is 0 Å². The summed E-state index contributed by atoms with van der Waals surface area (Å²) in [4.78, 5) is 30.7. The topological polar surface area (TPSA) is 73.2 Å². The summed E-state index contributed by atoms with van der Waals surface area (Å²) in [7, 11) is 4.75. The zero-order valence-electron chi connectivity index (χ0n) is 23.2. The van der Waals surface area contributed by atoms with Crippen molar-refractivity contribution in [3.63, 3.8) is 0 Å². The molecule has 0 saturated carbocycles. The predicted molar refractivity (Wildman–Crippen MR) is 154 cm³/mol. The van der Waals surface area contributed by atoms with E-state index in [4.69, 9.17) is 14.2 Å². The van der Waals surface area contributed by atoms with Crippen LogP contribution in [0.25, 0.3) is 16.9 Å². The van der Waals surface area contributed by atoms with Gasteiger partial charge in [-0.25, -0.2) is 0 Å². The number of ether oxygens (including phenoxy) is 3. The Morgan fingerprint density at radius 1 is 0.650 bits per heavy atom. The lowest BCUT2D eigenvalue weighted by Gasteiger charge is -2.35. The van der Waals surface area contributed by atoms with Crippen molar-refractivity contribution >= 4 is 11.8 Å². The van der Waals surface area contributed by atoms with Gasteiger partial charge in [0.2, 0.25) is 0 Å². The zero-order chi connectivity index (χ0) is 28.2. The Morgan fingerprint density at radius 2 is 1.25 bits per heavy atom. The van der Waals surface area contributed by atoms with Gasteiger partial charge in [0, 0.05) is 55.3 Å². The van der Waals surface area contributed by atoms with Crippen LogP contribution >= 0.6 is 0 Å². The number of carbonyl (C=O) groups is 2. The molecule has 1 aromatic heterocycles. The van der Waals surface area contributed by atoms with E-state index in [0.717, 1.165) is 28.4 Å². The van der Waals surface area contributed by atoms with E-state index in [-0.39, 0.29) is 11.8 Å². The highest BCUT2D eigenvalue weighted by atomic mass is 16.5. The molecular formula is C32H33N3O5. The number of hydrogen-bond donors (Lipinski definition) is 0. The van der Waals surface area contributed by atoms with Crippen molar-refractivity contribution in [3.8, 4) is 34.2 Å². The molecule has 8 heteroatoms. The van der Waals surface area contributed by atoms with E-state index in [9.17, 15) is 9.59 Å². The van der Waals surface area contributed by atoms with Crippen LogP contribution < -0.4 is 14.2 Å². The van der Waals surface area contributed by atoms with Gasteiger partial charge in [-0.2, -0.15) is 0 Å². The van der Waals surface area contributed by atoms with Gasteiger partial charge in [-0.3, -0.25) is 9.59 Å². The first-order valence-electron chi connectivity index (χ1n) is 13.2. The highest BCUT2D eigenvalue weighted by molar-refractivity contribution is 5.98. The summed E-state index contributed by atoms with van der Waals surface area (Å²) in [5.41, 5.74) is 4.83. The summed E-state index contributed by atoms with van der Waals surface area (Å²) in [6.07, 6.45) is 0. The third-order valence-electron chi connectivity index (χ3n) is 7.31. The van der Waals surface area contributed by atoms with Crippen molar-refractivity contribution in [2.24, 2.45) is 0 Å². The quantitative estimate of drug-likeness (QED) is 0.328. The number of amides is 2. The first-order chi connectivity index (χ1) is 19.4. The third kappa shape index (κ3) is 5.25. The minimum atomic E-state index is -0.115. The maximum absolute atomic E-state index is 13.8. The molecule has 0 bridgehead atoms. The lowest BCUT2D eigenvalue weighted by atomic mass is 10.1. The Labute approximate surface area is 234 Å². The molecule has 3 aromatic carbocycles. The molecule has 0 radical (unpaired) electrons. The second kappa shape index (κ2) is 11.6. The Balaban J connectivity index is 1.39. The standard InChI is InChI=1S/C32H33N3O5/c1-22-29(21-30(23-9-6-5-7-10-23)35(22)25-11-8-12-26(19-25)38-2)32(37)34-15-13-33(14-16-34)31(36)24-17-27(39-3)20-28(18-24)40-4/h5-12,17-21H,13-16H2,1-4H3. The van der Waals surface area contributed by atoms with Crippen LogP contribution in [-0.2, 0) is 0 Å². The fourth-order valence-corrected chi connectivity index (χ4v) is 5.12. The predicted octanol–water partition coefficient (Wildman–Crippen LogP) is 5.08. The van der Waals surface area contributed by atoms with Gasteiger partial charge in [-0.15, -0.1) is 0 Å². The summed E-state index contributed by atoms with van der Waals surface area (Å²) >= 11 is 0. The molecule has 0 atom stereocenters. The molecule has 2 heterocycles. The molecule has 1 aliphatic heterocycles. The summed E-state index contributed by atoms with van der Waals surface area (Å²) < 4.78 is 18.2. The number of rotatable bonds is 7. The molecule has 0 unspecified atom stereocenters. The van der Waals surface area contributed by atoms with E-state index >= 15 is 0 Å². The lowest BCUT2D eigenvalue weighted by molar-refractivity contribution is 0.0535. The lowest BCUT2D eigenvalue weighted by Crippen LogP contribution is -2.50. The molecule has 0 spiro atoms. The summed E-state index contributed by atoms with van der Waals surface area (Å²) in [6, 6.07) is 25.0. The van der Waals surface area contributed by atoms with Crippen LogP contribution in [0.2, 0.25) is 0 Å². The molecule has 4 aromatic rings. The van der Waals surface area contributed by atoms with Crippen LogP contribution in [0.15, 0.2) is 78.9 Å². The van der Waals surface area contributed by atoms with Crippen molar-refractivity contribution in [1.82, 2.24) is 14.4 Å². The molecular weight excluding hydrogens is 506 g/mol.